The average Bonchev–Trinajstić information content (AvgIpc) is 1.63. The molecule has 0 aliphatic carbocycles. The molecule has 0 saturated heterocycles. The van der Waals surface area contributed by atoms with Crippen molar-refractivity contribution in [2.45, 2.75) is 13.8 Å². The highest BCUT2D eigenvalue weighted by Gasteiger charge is 1.82. The molecule has 0 radical (unpaired) electrons. The summed E-state index contributed by atoms with van der Waals surface area (Å²) in [5, 5.41) is 0. The minimum atomic E-state index is -0.425. The first-order chi connectivity index (χ1) is 4.16. The second kappa shape index (κ2) is 4.01. The third-order valence-corrected chi connectivity index (χ3v) is 0.689. The van der Waals surface area contributed by atoms with Gasteiger partial charge in [0.25, 0.3) is 0 Å². The van der Waals surface area contributed by atoms with Crippen molar-refractivity contribution in [1.82, 2.24) is 0 Å². The summed E-state index contributed by atoms with van der Waals surface area (Å²) in [6.45, 7) is 6.46. The highest BCUT2D eigenvalue weighted by molar-refractivity contribution is 5.72. The van der Waals surface area contributed by atoms with Gasteiger partial charge in [0.2, 0.25) is 0 Å². The molecule has 0 heterocycles. The molecule has 0 bridgehead atoms. The lowest BCUT2D eigenvalue weighted by atomic mass is 10.4. The van der Waals surface area contributed by atoms with Crippen molar-refractivity contribution in [3.8, 4) is 0 Å². The summed E-state index contributed by atoms with van der Waals surface area (Å²) in [4.78, 5) is 3.51. The fraction of sp³-hybridized carbons (Fsp3) is 0.286. The van der Waals surface area contributed by atoms with Crippen LogP contribution < -0.4 is 0 Å². The zero-order valence-corrected chi connectivity index (χ0v) is 5.69. The predicted octanol–water partition coefficient (Wildman–Crippen LogP) is 2.46. The Hall–Kier alpha value is -0.920. The molecule has 0 saturated carbocycles. The second-order valence-corrected chi connectivity index (χ2v) is 1.65. The molecule has 0 aromatic carbocycles. The largest absolute Gasteiger partial charge is 0.229 e. The van der Waals surface area contributed by atoms with Crippen LogP contribution in [0.2, 0.25) is 0 Å². The Morgan fingerprint density at radius 3 is 2.44 bits per heavy atom. The molecule has 1 nitrogen and oxygen atoms in total. The van der Waals surface area contributed by atoms with E-state index in [1.165, 1.54) is 6.92 Å². The molecule has 0 amide bonds. The molecule has 0 N–H and O–H groups in total. The molecular formula is C7H10FN. The van der Waals surface area contributed by atoms with Gasteiger partial charge in [-0.1, -0.05) is 12.7 Å². The molecule has 0 fully saturated rings. The van der Waals surface area contributed by atoms with E-state index in [0.717, 1.165) is 0 Å². The maximum Gasteiger partial charge on any atom is 0.186 e. The number of rotatable bonds is 2. The van der Waals surface area contributed by atoms with Crippen LogP contribution in [-0.4, -0.2) is 5.97 Å². The van der Waals surface area contributed by atoms with E-state index in [1.54, 1.807) is 19.1 Å². The summed E-state index contributed by atoms with van der Waals surface area (Å²) < 4.78 is 12.0. The quantitative estimate of drug-likeness (QED) is 0.399. The third kappa shape index (κ3) is 4.94. The molecule has 2 heteroatoms. The predicted molar refractivity (Wildman–Crippen MR) is 38.2 cm³/mol. The first-order valence-electron chi connectivity index (χ1n) is 2.67. The standard InChI is InChI=1S/C7H10FN/c1-4-5-6(2)9-7(3)8/h4-5H,1H2,2-3H3/b6-5-,9-7+. The van der Waals surface area contributed by atoms with Crippen molar-refractivity contribution in [1.29, 1.82) is 0 Å². The summed E-state index contributed by atoms with van der Waals surface area (Å²) in [7, 11) is 0. The Kier molecular flexibility index (Phi) is 3.60. The van der Waals surface area contributed by atoms with E-state index in [9.17, 15) is 4.39 Å². The minimum absolute atomic E-state index is 0.425. The number of allylic oxidation sites excluding steroid dienone is 3. The van der Waals surface area contributed by atoms with Gasteiger partial charge in [0, 0.05) is 12.6 Å². The summed E-state index contributed by atoms with van der Waals surface area (Å²) in [6, 6.07) is 0. The van der Waals surface area contributed by atoms with Gasteiger partial charge < -0.3 is 0 Å². The van der Waals surface area contributed by atoms with Gasteiger partial charge >= 0.3 is 0 Å². The topological polar surface area (TPSA) is 12.4 Å². The third-order valence-electron chi connectivity index (χ3n) is 0.689. The van der Waals surface area contributed by atoms with Crippen molar-refractivity contribution in [3.05, 3.63) is 24.4 Å². The Morgan fingerprint density at radius 2 is 2.11 bits per heavy atom. The fourth-order valence-corrected chi connectivity index (χ4v) is 0.451. The van der Waals surface area contributed by atoms with E-state index in [-0.39, 0.29) is 0 Å². The second-order valence-electron chi connectivity index (χ2n) is 1.65. The molecule has 0 atom stereocenters. The van der Waals surface area contributed by atoms with E-state index < -0.39 is 5.97 Å². The molecule has 0 unspecified atom stereocenters. The van der Waals surface area contributed by atoms with Crippen molar-refractivity contribution in [3.63, 3.8) is 0 Å². The summed E-state index contributed by atoms with van der Waals surface area (Å²) >= 11 is 0. The van der Waals surface area contributed by atoms with Gasteiger partial charge in [-0.2, -0.15) is 4.39 Å². The van der Waals surface area contributed by atoms with E-state index in [0.29, 0.717) is 5.70 Å². The van der Waals surface area contributed by atoms with Crippen molar-refractivity contribution >= 4 is 5.97 Å². The maximum atomic E-state index is 12.0. The van der Waals surface area contributed by atoms with Crippen LogP contribution in [0, 0.1) is 0 Å². The Balaban J connectivity index is 4.05. The van der Waals surface area contributed by atoms with Crippen LogP contribution in [-0.2, 0) is 0 Å². The molecule has 50 valence electrons. The smallest absolute Gasteiger partial charge is 0.186 e. The van der Waals surface area contributed by atoms with Crippen molar-refractivity contribution < 1.29 is 4.39 Å². The van der Waals surface area contributed by atoms with Crippen molar-refractivity contribution in [2.75, 3.05) is 0 Å². The Morgan fingerprint density at radius 1 is 1.56 bits per heavy atom. The highest BCUT2D eigenvalue weighted by atomic mass is 19.1. The number of nitrogens with zero attached hydrogens (tertiary/aromatic N) is 1. The van der Waals surface area contributed by atoms with E-state index in [4.69, 9.17) is 0 Å². The van der Waals surface area contributed by atoms with Crippen LogP contribution in [0.1, 0.15) is 13.8 Å². The number of halogens is 1. The average molecular weight is 127 g/mol. The van der Waals surface area contributed by atoms with Gasteiger partial charge in [-0.3, -0.25) is 0 Å². The van der Waals surface area contributed by atoms with Crippen LogP contribution in [0.5, 0.6) is 0 Å². The normalized spacial score (nSPS) is 13.7. The van der Waals surface area contributed by atoms with E-state index in [2.05, 4.69) is 11.6 Å². The van der Waals surface area contributed by atoms with Gasteiger partial charge in [0.15, 0.2) is 5.97 Å². The van der Waals surface area contributed by atoms with Crippen LogP contribution in [0.3, 0.4) is 0 Å². The van der Waals surface area contributed by atoms with E-state index in [1.807, 2.05) is 0 Å². The lowest BCUT2D eigenvalue weighted by molar-refractivity contribution is 0.794. The number of hydrogen-bond acceptors (Lipinski definition) is 1. The molecule has 0 spiro atoms. The molecule has 0 aliphatic rings. The van der Waals surface area contributed by atoms with E-state index >= 15 is 0 Å². The number of hydrogen-bond donors (Lipinski definition) is 0. The first kappa shape index (κ1) is 8.08. The number of aliphatic imine (C=N–C) groups is 1. The van der Waals surface area contributed by atoms with Crippen LogP contribution in [0.25, 0.3) is 0 Å². The Bertz CT molecular complexity index is 152. The van der Waals surface area contributed by atoms with Crippen LogP contribution in [0.4, 0.5) is 4.39 Å². The molecular weight excluding hydrogens is 117 g/mol. The Labute approximate surface area is 54.6 Å². The monoisotopic (exact) mass is 127 g/mol. The highest BCUT2D eigenvalue weighted by Crippen LogP contribution is 1.95. The van der Waals surface area contributed by atoms with Gasteiger partial charge in [0.1, 0.15) is 0 Å². The summed E-state index contributed by atoms with van der Waals surface area (Å²) in [5.74, 6) is -0.425. The summed E-state index contributed by atoms with van der Waals surface area (Å²) in [6.07, 6.45) is 3.21. The van der Waals surface area contributed by atoms with Crippen LogP contribution in [0.15, 0.2) is 29.4 Å². The van der Waals surface area contributed by atoms with Gasteiger partial charge in [-0.05, 0) is 13.0 Å². The molecule has 9 heavy (non-hydrogen) atoms. The SMILES string of the molecule is C=C/C=C(C)\N=C(/C)F. The van der Waals surface area contributed by atoms with Crippen LogP contribution >= 0.6 is 0 Å². The van der Waals surface area contributed by atoms with Gasteiger partial charge in [0.05, 0.1) is 0 Å². The van der Waals surface area contributed by atoms with Gasteiger partial charge in [-0.25, -0.2) is 4.99 Å². The molecule has 0 aromatic rings. The minimum Gasteiger partial charge on any atom is -0.229 e. The molecule has 0 aromatic heterocycles. The lowest BCUT2D eigenvalue weighted by Gasteiger charge is -1.86. The molecule has 0 aliphatic heterocycles. The molecule has 0 rings (SSSR count). The lowest BCUT2D eigenvalue weighted by Crippen LogP contribution is -1.77. The van der Waals surface area contributed by atoms with Crippen molar-refractivity contribution in [2.24, 2.45) is 4.99 Å². The summed E-state index contributed by atoms with van der Waals surface area (Å²) in [5.41, 5.74) is 0.630. The first-order valence-corrected chi connectivity index (χ1v) is 2.67. The maximum absolute atomic E-state index is 12.0. The zero-order valence-electron chi connectivity index (χ0n) is 5.69. The fourth-order valence-electron chi connectivity index (χ4n) is 0.451. The zero-order chi connectivity index (χ0) is 7.28. The van der Waals surface area contributed by atoms with Gasteiger partial charge in [-0.15, -0.1) is 0 Å².